The lowest BCUT2D eigenvalue weighted by Gasteiger charge is -2.20. The summed E-state index contributed by atoms with van der Waals surface area (Å²) in [6.07, 6.45) is 7.14. The Labute approximate surface area is 176 Å². The van der Waals surface area contributed by atoms with Crippen molar-refractivity contribution in [1.29, 1.82) is 0 Å². The lowest BCUT2D eigenvalue weighted by Crippen LogP contribution is -2.35. The molecule has 2 aliphatic rings. The minimum absolute atomic E-state index is 0.0604. The monoisotopic (exact) mass is 405 g/mol. The number of rotatable bonds is 5. The minimum Gasteiger partial charge on any atom is -0.335 e. The van der Waals surface area contributed by atoms with Crippen LogP contribution in [0, 0.1) is 0 Å². The van der Waals surface area contributed by atoms with Crippen LogP contribution < -0.4 is 0 Å². The second-order valence-electron chi connectivity index (χ2n) is 8.26. The van der Waals surface area contributed by atoms with Crippen molar-refractivity contribution in [2.24, 2.45) is 7.05 Å². The second kappa shape index (κ2) is 8.02. The lowest BCUT2D eigenvalue weighted by molar-refractivity contribution is 0.0749. The molecule has 2 fully saturated rings. The summed E-state index contributed by atoms with van der Waals surface area (Å²) in [6.45, 7) is 4.11. The van der Waals surface area contributed by atoms with Gasteiger partial charge in [-0.05, 0) is 31.4 Å². The summed E-state index contributed by atoms with van der Waals surface area (Å²) in [5.74, 6) is 1.59. The molecule has 2 aromatic heterocycles. The summed E-state index contributed by atoms with van der Waals surface area (Å²) in [6, 6.07) is 9.98. The average Bonchev–Trinajstić information content (AvgIpc) is 3.45. The molecule has 8 heteroatoms. The Morgan fingerprint density at radius 2 is 1.93 bits per heavy atom. The van der Waals surface area contributed by atoms with Crippen molar-refractivity contribution in [2.45, 2.75) is 31.7 Å². The Hall–Kier alpha value is -3.00. The van der Waals surface area contributed by atoms with E-state index in [1.165, 1.54) is 5.56 Å². The molecule has 1 saturated heterocycles. The average molecular weight is 406 g/mol. The Morgan fingerprint density at radius 3 is 2.67 bits per heavy atom. The van der Waals surface area contributed by atoms with E-state index < -0.39 is 0 Å². The van der Waals surface area contributed by atoms with Crippen LogP contribution in [0.3, 0.4) is 0 Å². The van der Waals surface area contributed by atoms with Crippen LogP contribution in [0.5, 0.6) is 0 Å². The smallest absolute Gasteiger partial charge is 0.293 e. The molecule has 156 valence electrons. The van der Waals surface area contributed by atoms with Crippen LogP contribution in [-0.4, -0.2) is 66.4 Å². The molecule has 1 aromatic carbocycles. The highest BCUT2D eigenvalue weighted by Gasteiger charge is 2.32. The third-order valence-corrected chi connectivity index (χ3v) is 5.81. The normalized spacial score (nSPS) is 17.8. The highest BCUT2D eigenvalue weighted by Crippen LogP contribution is 2.39. The van der Waals surface area contributed by atoms with E-state index in [0.29, 0.717) is 18.3 Å². The zero-order chi connectivity index (χ0) is 20.5. The standard InChI is InChI=1S/C22H27N7O/c1-26-15-17(14-23-26)16-27-10-5-11-28(13-12-27)22(30)20-24-21(18-8-9-18)29(25-20)19-6-3-2-4-7-19/h2-4,6-7,14-15,18H,5,8-13,16H2,1H3. The molecule has 30 heavy (non-hydrogen) atoms. The summed E-state index contributed by atoms with van der Waals surface area (Å²) in [5.41, 5.74) is 2.17. The Morgan fingerprint density at radius 1 is 1.10 bits per heavy atom. The molecular weight excluding hydrogens is 378 g/mol. The molecule has 0 spiro atoms. The molecular formula is C22H27N7O. The Balaban J connectivity index is 1.30. The van der Waals surface area contributed by atoms with Gasteiger partial charge >= 0.3 is 0 Å². The first-order valence-electron chi connectivity index (χ1n) is 10.7. The van der Waals surface area contributed by atoms with E-state index >= 15 is 0 Å². The molecule has 5 rings (SSSR count). The van der Waals surface area contributed by atoms with Gasteiger partial charge in [-0.3, -0.25) is 14.4 Å². The van der Waals surface area contributed by atoms with Crippen molar-refractivity contribution in [2.75, 3.05) is 26.2 Å². The summed E-state index contributed by atoms with van der Waals surface area (Å²) in [4.78, 5) is 22.2. The lowest BCUT2D eigenvalue weighted by atomic mass is 10.3. The highest BCUT2D eigenvalue weighted by molar-refractivity contribution is 5.90. The number of hydrogen-bond acceptors (Lipinski definition) is 5. The van der Waals surface area contributed by atoms with Gasteiger partial charge in [-0.25, -0.2) is 9.67 Å². The Bertz CT molecular complexity index is 1020. The third kappa shape index (κ3) is 4.00. The van der Waals surface area contributed by atoms with E-state index in [-0.39, 0.29) is 5.91 Å². The van der Waals surface area contributed by atoms with Crippen LogP contribution in [0.15, 0.2) is 42.7 Å². The van der Waals surface area contributed by atoms with Gasteiger partial charge in [0.1, 0.15) is 5.82 Å². The number of amides is 1. The number of aryl methyl sites for hydroxylation is 1. The van der Waals surface area contributed by atoms with E-state index in [9.17, 15) is 4.79 Å². The predicted molar refractivity (Wildman–Crippen MR) is 112 cm³/mol. The van der Waals surface area contributed by atoms with Crippen LogP contribution in [-0.2, 0) is 13.6 Å². The zero-order valence-corrected chi connectivity index (χ0v) is 17.3. The maximum absolute atomic E-state index is 13.2. The van der Waals surface area contributed by atoms with Crippen LogP contribution in [0.1, 0.15) is 47.2 Å². The number of aromatic nitrogens is 5. The molecule has 1 aliphatic heterocycles. The quantitative estimate of drug-likeness (QED) is 0.651. The van der Waals surface area contributed by atoms with Gasteiger partial charge in [-0.2, -0.15) is 5.10 Å². The molecule has 8 nitrogen and oxygen atoms in total. The maximum Gasteiger partial charge on any atom is 0.293 e. The van der Waals surface area contributed by atoms with Crippen LogP contribution in [0.2, 0.25) is 0 Å². The fourth-order valence-electron chi connectivity index (χ4n) is 4.06. The molecule has 0 N–H and O–H groups in total. The Kier molecular flexibility index (Phi) is 5.08. The highest BCUT2D eigenvalue weighted by atomic mass is 16.2. The molecule has 0 atom stereocenters. The zero-order valence-electron chi connectivity index (χ0n) is 17.3. The first-order chi connectivity index (χ1) is 14.7. The van der Waals surface area contributed by atoms with Crippen molar-refractivity contribution in [3.05, 3.63) is 59.9 Å². The van der Waals surface area contributed by atoms with E-state index in [2.05, 4.69) is 20.1 Å². The topological polar surface area (TPSA) is 72.1 Å². The van der Waals surface area contributed by atoms with Crippen molar-refractivity contribution in [1.82, 2.24) is 34.3 Å². The number of nitrogens with zero attached hydrogens (tertiary/aromatic N) is 7. The molecule has 1 aliphatic carbocycles. The van der Waals surface area contributed by atoms with Gasteiger partial charge in [0.2, 0.25) is 5.82 Å². The minimum atomic E-state index is -0.0604. The van der Waals surface area contributed by atoms with Gasteiger partial charge in [-0.1, -0.05) is 18.2 Å². The van der Waals surface area contributed by atoms with E-state index in [0.717, 1.165) is 57.0 Å². The molecule has 1 amide bonds. The number of carbonyl (C=O) groups is 1. The molecule has 3 heterocycles. The summed E-state index contributed by atoms with van der Waals surface area (Å²) >= 11 is 0. The van der Waals surface area contributed by atoms with Gasteiger partial charge in [0.25, 0.3) is 5.91 Å². The fourth-order valence-corrected chi connectivity index (χ4v) is 4.06. The van der Waals surface area contributed by atoms with Crippen molar-refractivity contribution in [3.8, 4) is 5.69 Å². The molecule has 0 unspecified atom stereocenters. The molecule has 3 aromatic rings. The van der Waals surface area contributed by atoms with Gasteiger partial charge in [0.15, 0.2) is 0 Å². The molecule has 1 saturated carbocycles. The van der Waals surface area contributed by atoms with Crippen LogP contribution >= 0.6 is 0 Å². The van der Waals surface area contributed by atoms with Crippen molar-refractivity contribution >= 4 is 5.91 Å². The van der Waals surface area contributed by atoms with Crippen LogP contribution in [0.25, 0.3) is 5.69 Å². The van der Waals surface area contributed by atoms with E-state index in [4.69, 9.17) is 0 Å². The number of para-hydroxylation sites is 1. The summed E-state index contributed by atoms with van der Waals surface area (Å²) < 4.78 is 3.69. The van der Waals surface area contributed by atoms with E-state index in [1.54, 1.807) is 0 Å². The van der Waals surface area contributed by atoms with Crippen molar-refractivity contribution < 1.29 is 4.79 Å². The maximum atomic E-state index is 13.2. The first kappa shape index (κ1) is 19.0. The second-order valence-corrected chi connectivity index (χ2v) is 8.26. The van der Waals surface area contributed by atoms with E-state index in [1.807, 2.05) is 64.0 Å². The van der Waals surface area contributed by atoms with Gasteiger partial charge in [0.05, 0.1) is 11.9 Å². The van der Waals surface area contributed by atoms with Crippen LogP contribution in [0.4, 0.5) is 0 Å². The molecule has 0 radical (unpaired) electrons. The third-order valence-electron chi connectivity index (χ3n) is 5.81. The number of carbonyl (C=O) groups excluding carboxylic acids is 1. The van der Waals surface area contributed by atoms with Gasteiger partial charge in [0, 0.05) is 57.4 Å². The summed E-state index contributed by atoms with van der Waals surface area (Å²) in [5, 5.41) is 8.88. The first-order valence-corrected chi connectivity index (χ1v) is 10.7. The van der Waals surface area contributed by atoms with Gasteiger partial charge in [-0.15, -0.1) is 5.10 Å². The fraction of sp³-hybridized carbons (Fsp3) is 0.455. The van der Waals surface area contributed by atoms with Crippen molar-refractivity contribution in [3.63, 3.8) is 0 Å². The number of hydrogen-bond donors (Lipinski definition) is 0. The summed E-state index contributed by atoms with van der Waals surface area (Å²) in [7, 11) is 1.93. The largest absolute Gasteiger partial charge is 0.335 e. The van der Waals surface area contributed by atoms with Gasteiger partial charge < -0.3 is 4.90 Å². The number of benzene rings is 1. The SMILES string of the molecule is Cn1cc(CN2CCCN(C(=O)c3nc(C4CC4)n(-c4ccccc4)n3)CC2)cn1. The predicted octanol–water partition coefficient (Wildman–Crippen LogP) is 2.23. The molecule has 0 bridgehead atoms.